The van der Waals surface area contributed by atoms with Gasteiger partial charge in [-0.2, -0.15) is 0 Å². The molecule has 2 aromatic heterocycles. The van der Waals surface area contributed by atoms with Crippen molar-refractivity contribution in [1.29, 1.82) is 0 Å². The second-order valence-corrected chi connectivity index (χ2v) is 6.77. The Bertz CT molecular complexity index is 478. The summed E-state index contributed by atoms with van der Waals surface area (Å²) in [5.41, 5.74) is 4.64. The predicted octanol–water partition coefficient (Wildman–Crippen LogP) is 3.93. The minimum Gasteiger partial charge on any atom is -0.304 e. The number of thiophene rings is 1. The molecule has 0 fully saturated rings. The molecule has 3 rings (SSSR count). The number of fused-ring (bicyclic) bond motifs is 1. The van der Waals surface area contributed by atoms with Gasteiger partial charge in [0.05, 0.1) is 11.2 Å². The molecule has 2 nitrogen and oxygen atoms in total. The maximum atomic E-state index is 4.31. The molecule has 1 N–H and O–H groups in total. The molecule has 2 aromatic rings. The van der Waals surface area contributed by atoms with E-state index in [-0.39, 0.29) is 0 Å². The predicted molar refractivity (Wildman–Crippen MR) is 78.3 cm³/mol. The number of nitrogens with one attached hydrogen (secondary N) is 1. The minimum atomic E-state index is 0.433. The summed E-state index contributed by atoms with van der Waals surface area (Å²) in [6, 6.07) is 2.85. The second-order valence-electron chi connectivity index (χ2n) is 4.89. The van der Waals surface area contributed by atoms with Crippen molar-refractivity contribution < 1.29 is 0 Å². The summed E-state index contributed by atoms with van der Waals surface area (Å²) in [7, 11) is 0. The number of nitrogens with zero attached hydrogens (tertiary/aromatic N) is 1. The molecule has 0 radical (unpaired) electrons. The van der Waals surface area contributed by atoms with Crippen molar-refractivity contribution in [2.45, 2.75) is 45.2 Å². The van der Waals surface area contributed by atoms with Crippen LogP contribution in [0.15, 0.2) is 17.0 Å². The summed E-state index contributed by atoms with van der Waals surface area (Å²) in [5.74, 6) is 0. The summed E-state index contributed by atoms with van der Waals surface area (Å²) in [6.07, 6.45) is 5.31. The summed E-state index contributed by atoms with van der Waals surface area (Å²) in [5, 5.41) is 5.68. The van der Waals surface area contributed by atoms with Gasteiger partial charge in [-0.1, -0.05) is 0 Å². The number of aromatic nitrogens is 1. The second kappa shape index (κ2) is 5.51. The SMILES string of the molecule is CC(NCc1cscn1)c1cc2c(s1)CCCC2. The Morgan fingerprint density at radius 2 is 2.28 bits per heavy atom. The van der Waals surface area contributed by atoms with Crippen LogP contribution in [0.1, 0.15) is 46.8 Å². The third-order valence-corrected chi connectivity index (χ3v) is 5.57. The number of thiazole rings is 1. The lowest BCUT2D eigenvalue weighted by Crippen LogP contribution is -2.17. The van der Waals surface area contributed by atoms with E-state index in [1.54, 1.807) is 21.8 Å². The third kappa shape index (κ3) is 2.66. The number of hydrogen-bond donors (Lipinski definition) is 1. The van der Waals surface area contributed by atoms with Crippen molar-refractivity contribution in [3.8, 4) is 0 Å². The summed E-state index contributed by atoms with van der Waals surface area (Å²) >= 11 is 3.66. The Balaban J connectivity index is 1.64. The highest BCUT2D eigenvalue weighted by molar-refractivity contribution is 7.12. The first kappa shape index (κ1) is 12.3. The highest BCUT2D eigenvalue weighted by Crippen LogP contribution is 2.32. The Labute approximate surface area is 116 Å². The Morgan fingerprint density at radius 1 is 1.39 bits per heavy atom. The zero-order valence-corrected chi connectivity index (χ0v) is 12.2. The highest BCUT2D eigenvalue weighted by Gasteiger charge is 2.16. The molecule has 18 heavy (non-hydrogen) atoms. The first-order chi connectivity index (χ1) is 8.83. The van der Waals surface area contributed by atoms with Crippen molar-refractivity contribution in [3.63, 3.8) is 0 Å². The van der Waals surface area contributed by atoms with Crippen LogP contribution in [0.4, 0.5) is 0 Å². The topological polar surface area (TPSA) is 24.9 Å². The fourth-order valence-electron chi connectivity index (χ4n) is 2.41. The minimum absolute atomic E-state index is 0.433. The maximum Gasteiger partial charge on any atom is 0.0795 e. The molecule has 0 bridgehead atoms. The van der Waals surface area contributed by atoms with Crippen LogP contribution in [0.5, 0.6) is 0 Å². The third-order valence-electron chi connectivity index (χ3n) is 3.52. The zero-order valence-electron chi connectivity index (χ0n) is 10.6. The molecular formula is C14H18N2S2. The molecule has 1 atom stereocenters. The fourth-order valence-corrected chi connectivity index (χ4v) is 4.25. The zero-order chi connectivity index (χ0) is 12.4. The van der Waals surface area contributed by atoms with E-state index in [0.29, 0.717) is 6.04 Å². The molecule has 4 heteroatoms. The molecule has 96 valence electrons. The first-order valence-corrected chi connectivity index (χ1v) is 8.31. The van der Waals surface area contributed by atoms with Gasteiger partial charge >= 0.3 is 0 Å². The molecule has 0 aromatic carbocycles. The average Bonchev–Trinajstić information content (AvgIpc) is 3.04. The van der Waals surface area contributed by atoms with E-state index < -0.39 is 0 Å². The largest absolute Gasteiger partial charge is 0.304 e. The summed E-state index contributed by atoms with van der Waals surface area (Å²) in [4.78, 5) is 7.41. The molecule has 1 aliphatic rings. The molecule has 0 spiro atoms. The van der Waals surface area contributed by atoms with E-state index in [0.717, 1.165) is 12.2 Å². The lowest BCUT2D eigenvalue weighted by Gasteiger charge is -2.10. The van der Waals surface area contributed by atoms with Gasteiger partial charge in [0.25, 0.3) is 0 Å². The molecular weight excluding hydrogens is 260 g/mol. The van der Waals surface area contributed by atoms with Crippen LogP contribution in [-0.4, -0.2) is 4.98 Å². The van der Waals surface area contributed by atoms with Gasteiger partial charge in [0.1, 0.15) is 0 Å². The average molecular weight is 278 g/mol. The molecule has 1 unspecified atom stereocenters. The lowest BCUT2D eigenvalue weighted by atomic mass is 9.99. The van der Waals surface area contributed by atoms with Gasteiger partial charge in [0.15, 0.2) is 0 Å². The van der Waals surface area contributed by atoms with Gasteiger partial charge in [-0.05, 0) is 44.2 Å². The first-order valence-electron chi connectivity index (χ1n) is 6.55. The normalized spacial score (nSPS) is 16.5. The van der Waals surface area contributed by atoms with Gasteiger partial charge in [0, 0.05) is 27.7 Å². The van der Waals surface area contributed by atoms with E-state index in [1.165, 1.54) is 30.6 Å². The van der Waals surface area contributed by atoms with Gasteiger partial charge in [-0.25, -0.2) is 4.98 Å². The van der Waals surface area contributed by atoms with E-state index in [4.69, 9.17) is 0 Å². The van der Waals surface area contributed by atoms with Crippen LogP contribution < -0.4 is 5.32 Å². The van der Waals surface area contributed by atoms with Crippen molar-refractivity contribution in [2.24, 2.45) is 0 Å². The molecule has 0 saturated heterocycles. The molecule has 0 amide bonds. The quantitative estimate of drug-likeness (QED) is 0.916. The van der Waals surface area contributed by atoms with Crippen LogP contribution in [0, 0.1) is 0 Å². The van der Waals surface area contributed by atoms with Crippen molar-refractivity contribution in [3.05, 3.63) is 38.0 Å². The van der Waals surface area contributed by atoms with Crippen LogP contribution in [0.25, 0.3) is 0 Å². The van der Waals surface area contributed by atoms with Crippen LogP contribution >= 0.6 is 22.7 Å². The maximum absolute atomic E-state index is 4.31. The standard InChI is InChI=1S/C14H18N2S2/c1-10(15-7-12-8-17-9-16-12)14-6-11-4-2-3-5-13(11)18-14/h6,8-10,15H,2-5,7H2,1H3. The molecule has 0 saturated carbocycles. The lowest BCUT2D eigenvalue weighted by molar-refractivity contribution is 0.576. The van der Waals surface area contributed by atoms with Gasteiger partial charge in [0.2, 0.25) is 0 Å². The smallest absolute Gasteiger partial charge is 0.0795 e. The molecule has 2 heterocycles. The fraction of sp³-hybridized carbons (Fsp3) is 0.500. The van der Waals surface area contributed by atoms with Gasteiger partial charge in [-0.15, -0.1) is 22.7 Å². The Morgan fingerprint density at radius 3 is 3.06 bits per heavy atom. The van der Waals surface area contributed by atoms with E-state index in [1.807, 2.05) is 16.8 Å². The van der Waals surface area contributed by atoms with Gasteiger partial charge in [-0.3, -0.25) is 0 Å². The van der Waals surface area contributed by atoms with Crippen molar-refractivity contribution in [2.75, 3.05) is 0 Å². The number of aryl methyl sites for hydroxylation is 2. The number of rotatable bonds is 4. The Kier molecular flexibility index (Phi) is 3.77. The molecule has 1 aliphatic carbocycles. The Hall–Kier alpha value is -0.710. The monoisotopic (exact) mass is 278 g/mol. The highest BCUT2D eigenvalue weighted by atomic mass is 32.1. The summed E-state index contributed by atoms with van der Waals surface area (Å²) < 4.78 is 0. The van der Waals surface area contributed by atoms with Crippen LogP contribution in [0.2, 0.25) is 0 Å². The summed E-state index contributed by atoms with van der Waals surface area (Å²) in [6.45, 7) is 3.12. The van der Waals surface area contributed by atoms with Crippen molar-refractivity contribution in [1.82, 2.24) is 10.3 Å². The van der Waals surface area contributed by atoms with E-state index in [9.17, 15) is 0 Å². The van der Waals surface area contributed by atoms with Crippen LogP contribution in [0.3, 0.4) is 0 Å². The molecule has 0 aliphatic heterocycles. The number of hydrogen-bond acceptors (Lipinski definition) is 4. The van der Waals surface area contributed by atoms with E-state index >= 15 is 0 Å². The van der Waals surface area contributed by atoms with Crippen molar-refractivity contribution >= 4 is 22.7 Å². The van der Waals surface area contributed by atoms with Gasteiger partial charge < -0.3 is 5.32 Å². The van der Waals surface area contributed by atoms with Crippen LogP contribution in [-0.2, 0) is 19.4 Å². The van der Waals surface area contributed by atoms with E-state index in [2.05, 4.69) is 28.7 Å².